The Morgan fingerprint density at radius 1 is 1.22 bits per heavy atom. The number of benzene rings is 2. The Kier molecular flexibility index (Phi) is 7.83. The van der Waals surface area contributed by atoms with Crippen LogP contribution in [0.4, 0.5) is 10.5 Å². The predicted octanol–water partition coefficient (Wildman–Crippen LogP) is 4.99. The zero-order valence-corrected chi connectivity index (χ0v) is 21.1. The number of nitrogens with one attached hydrogen (secondary N) is 1. The fourth-order valence-electron chi connectivity index (χ4n) is 3.12. The first-order chi connectivity index (χ1) is 15.2. The third-order valence-corrected chi connectivity index (χ3v) is 6.38. The second-order valence-electron chi connectivity index (χ2n) is 7.10. The third-order valence-electron chi connectivity index (χ3n) is 4.68. The molecule has 1 heterocycles. The monoisotopic (exact) mass is 566 g/mol. The van der Waals surface area contributed by atoms with Crippen LogP contribution in [0.1, 0.15) is 23.6 Å². The van der Waals surface area contributed by atoms with E-state index in [4.69, 9.17) is 9.47 Å². The van der Waals surface area contributed by atoms with Gasteiger partial charge in [0.1, 0.15) is 6.54 Å². The van der Waals surface area contributed by atoms with E-state index in [2.05, 4.69) is 27.9 Å². The van der Waals surface area contributed by atoms with E-state index in [9.17, 15) is 14.4 Å². The van der Waals surface area contributed by atoms with Crippen molar-refractivity contribution < 1.29 is 23.9 Å². The second-order valence-corrected chi connectivity index (χ2v) is 9.26. The van der Waals surface area contributed by atoms with Crippen LogP contribution in [0.25, 0.3) is 6.08 Å². The van der Waals surface area contributed by atoms with Gasteiger partial charge >= 0.3 is 0 Å². The highest BCUT2D eigenvalue weighted by molar-refractivity contribution is 14.1. The van der Waals surface area contributed by atoms with Crippen molar-refractivity contribution >= 4 is 63.2 Å². The molecule has 0 aromatic heterocycles. The van der Waals surface area contributed by atoms with Crippen molar-refractivity contribution in [3.63, 3.8) is 0 Å². The zero-order chi connectivity index (χ0) is 23.4. The van der Waals surface area contributed by atoms with Crippen LogP contribution in [0.15, 0.2) is 35.2 Å². The summed E-state index contributed by atoms with van der Waals surface area (Å²) >= 11 is 2.94. The van der Waals surface area contributed by atoms with Crippen LogP contribution in [0.3, 0.4) is 0 Å². The lowest BCUT2D eigenvalue weighted by Crippen LogP contribution is -2.36. The van der Waals surface area contributed by atoms with Crippen molar-refractivity contribution in [3.05, 3.63) is 55.5 Å². The summed E-state index contributed by atoms with van der Waals surface area (Å²) in [5.74, 6) is 0.237. The summed E-state index contributed by atoms with van der Waals surface area (Å²) in [5.41, 5.74) is 3.26. The van der Waals surface area contributed by atoms with Gasteiger partial charge in [-0.05, 0) is 96.1 Å². The number of rotatable bonds is 7. The molecule has 7 nitrogen and oxygen atoms in total. The van der Waals surface area contributed by atoms with Crippen molar-refractivity contribution in [2.75, 3.05) is 25.6 Å². The summed E-state index contributed by atoms with van der Waals surface area (Å²) in [6.07, 6.45) is 1.62. The minimum atomic E-state index is -0.500. The minimum absolute atomic E-state index is 0.248. The first-order valence-electron chi connectivity index (χ1n) is 9.86. The highest BCUT2D eigenvalue weighted by atomic mass is 127. The molecule has 0 aliphatic carbocycles. The lowest BCUT2D eigenvalue weighted by molar-refractivity contribution is -0.127. The van der Waals surface area contributed by atoms with Gasteiger partial charge in [-0.2, -0.15) is 0 Å². The Bertz CT molecular complexity index is 1120. The summed E-state index contributed by atoms with van der Waals surface area (Å²) in [5, 5.41) is 2.30. The number of thioether (sulfide) groups is 1. The topological polar surface area (TPSA) is 84.9 Å². The van der Waals surface area contributed by atoms with Crippen LogP contribution < -0.4 is 14.8 Å². The van der Waals surface area contributed by atoms with Gasteiger partial charge in [0.05, 0.1) is 22.2 Å². The highest BCUT2D eigenvalue weighted by Gasteiger charge is 2.36. The van der Waals surface area contributed by atoms with E-state index < -0.39 is 17.1 Å². The molecule has 1 fully saturated rings. The largest absolute Gasteiger partial charge is 0.492 e. The number of anilines is 1. The normalized spacial score (nSPS) is 14.8. The van der Waals surface area contributed by atoms with E-state index in [1.807, 2.05) is 45.0 Å². The molecule has 168 valence electrons. The maximum atomic E-state index is 12.8. The van der Waals surface area contributed by atoms with Crippen LogP contribution in [0.5, 0.6) is 11.5 Å². The van der Waals surface area contributed by atoms with E-state index in [0.717, 1.165) is 31.4 Å². The van der Waals surface area contributed by atoms with Crippen LogP contribution >= 0.6 is 34.4 Å². The van der Waals surface area contributed by atoms with Crippen LogP contribution in [-0.2, 0) is 9.59 Å². The number of carbonyl (C=O) groups excluding carboxylic acids is 3. The molecule has 1 aliphatic heterocycles. The maximum absolute atomic E-state index is 12.8. The molecule has 3 rings (SSSR count). The number of hydrogen-bond acceptors (Lipinski definition) is 6. The highest BCUT2D eigenvalue weighted by Crippen LogP contribution is 2.37. The van der Waals surface area contributed by atoms with Crippen LogP contribution in [0.2, 0.25) is 0 Å². The first kappa shape index (κ1) is 24.1. The number of carbonyl (C=O) groups is 3. The molecule has 9 heteroatoms. The fraction of sp³-hybridized carbons (Fsp3) is 0.261. The summed E-state index contributed by atoms with van der Waals surface area (Å²) < 4.78 is 11.8. The Morgan fingerprint density at radius 3 is 2.66 bits per heavy atom. The van der Waals surface area contributed by atoms with Gasteiger partial charge in [-0.1, -0.05) is 12.1 Å². The number of imide groups is 1. The Morgan fingerprint density at radius 2 is 1.97 bits per heavy atom. The third kappa shape index (κ3) is 5.44. The van der Waals surface area contributed by atoms with Gasteiger partial charge in [-0.3, -0.25) is 19.3 Å². The van der Waals surface area contributed by atoms with E-state index in [-0.39, 0.29) is 11.4 Å². The number of methoxy groups -OCH3 is 1. The van der Waals surface area contributed by atoms with Gasteiger partial charge in [0.15, 0.2) is 11.5 Å². The molecule has 32 heavy (non-hydrogen) atoms. The molecular formula is C23H23IN2O5S. The van der Waals surface area contributed by atoms with Crippen LogP contribution in [0, 0.1) is 17.4 Å². The SMILES string of the molecule is CCOc1cc(/C=C2/SC(=O)N(CC(=O)Nc3cc(C)ccc3C)C2=O)cc(I)c1OC. The standard InChI is InChI=1S/C23H23IN2O5S/c1-5-31-18-10-15(9-16(24)21(18)30-4)11-19-22(28)26(23(29)32-19)12-20(27)25-17-8-13(2)6-7-14(17)3/h6-11H,5,12H2,1-4H3,(H,25,27)/b19-11+. The van der Waals surface area contributed by atoms with Crippen molar-refractivity contribution in [1.29, 1.82) is 0 Å². The lowest BCUT2D eigenvalue weighted by Gasteiger charge is -2.14. The molecule has 0 unspecified atom stereocenters. The molecule has 0 spiro atoms. The molecule has 0 bridgehead atoms. The van der Waals surface area contributed by atoms with Gasteiger partial charge < -0.3 is 14.8 Å². The van der Waals surface area contributed by atoms with Crippen molar-refractivity contribution in [2.45, 2.75) is 20.8 Å². The summed E-state index contributed by atoms with van der Waals surface area (Å²) in [6, 6.07) is 9.29. The average Bonchev–Trinajstić information content (AvgIpc) is 2.98. The van der Waals surface area contributed by atoms with Crippen molar-refractivity contribution in [2.24, 2.45) is 0 Å². The molecule has 2 aromatic rings. The Hall–Kier alpha value is -2.53. The maximum Gasteiger partial charge on any atom is 0.294 e. The number of ether oxygens (including phenoxy) is 2. The Labute approximate surface area is 204 Å². The van der Waals surface area contributed by atoms with Crippen molar-refractivity contribution in [3.8, 4) is 11.5 Å². The van der Waals surface area contributed by atoms with Gasteiger partial charge in [0.2, 0.25) is 5.91 Å². The summed E-state index contributed by atoms with van der Waals surface area (Å²) in [6.45, 7) is 5.79. The fourth-order valence-corrected chi connectivity index (χ4v) is 4.81. The zero-order valence-electron chi connectivity index (χ0n) is 18.2. The summed E-state index contributed by atoms with van der Waals surface area (Å²) in [7, 11) is 1.56. The molecule has 1 N–H and O–H groups in total. The molecular weight excluding hydrogens is 543 g/mol. The molecule has 0 saturated carbocycles. The first-order valence-corrected chi connectivity index (χ1v) is 11.8. The van der Waals surface area contributed by atoms with E-state index in [0.29, 0.717) is 29.4 Å². The van der Waals surface area contributed by atoms with Gasteiger partial charge in [0, 0.05) is 5.69 Å². The predicted molar refractivity (Wildman–Crippen MR) is 134 cm³/mol. The molecule has 3 amide bonds. The minimum Gasteiger partial charge on any atom is -0.492 e. The van der Waals surface area contributed by atoms with E-state index >= 15 is 0 Å². The molecule has 0 radical (unpaired) electrons. The number of hydrogen-bond donors (Lipinski definition) is 1. The second kappa shape index (κ2) is 10.4. The molecule has 0 atom stereocenters. The van der Waals surface area contributed by atoms with Gasteiger partial charge in [0.25, 0.3) is 11.1 Å². The van der Waals surface area contributed by atoms with Gasteiger partial charge in [-0.15, -0.1) is 0 Å². The Balaban J connectivity index is 1.77. The van der Waals surface area contributed by atoms with Crippen LogP contribution in [-0.4, -0.2) is 42.2 Å². The quantitative estimate of drug-likeness (QED) is 0.376. The van der Waals surface area contributed by atoms with Gasteiger partial charge in [-0.25, -0.2) is 0 Å². The molecule has 1 aliphatic rings. The smallest absolute Gasteiger partial charge is 0.294 e. The number of halogens is 1. The number of nitrogens with zero attached hydrogens (tertiary/aromatic N) is 1. The van der Waals surface area contributed by atoms with E-state index in [1.54, 1.807) is 19.3 Å². The molecule has 1 saturated heterocycles. The molecule has 2 aromatic carbocycles. The number of amides is 3. The van der Waals surface area contributed by atoms with Crippen molar-refractivity contribution in [1.82, 2.24) is 4.90 Å². The summed E-state index contributed by atoms with van der Waals surface area (Å²) in [4.78, 5) is 39.0. The van der Waals surface area contributed by atoms with E-state index in [1.165, 1.54) is 0 Å². The lowest BCUT2D eigenvalue weighted by atomic mass is 10.1. The average molecular weight is 566 g/mol. The number of aryl methyl sites for hydroxylation is 2.